The van der Waals surface area contributed by atoms with Gasteiger partial charge in [0.25, 0.3) is 5.24 Å². The SMILES string of the molecule is O=C(NC1CCC1)Sc1ccc(Br)cc1. The number of benzene rings is 1. The van der Waals surface area contributed by atoms with Gasteiger partial charge in [-0.15, -0.1) is 0 Å². The largest absolute Gasteiger partial charge is 0.344 e. The second-order valence-corrected chi connectivity index (χ2v) is 5.58. The quantitative estimate of drug-likeness (QED) is 0.838. The molecule has 1 fully saturated rings. The van der Waals surface area contributed by atoms with Crippen molar-refractivity contribution in [2.24, 2.45) is 0 Å². The first kappa shape index (κ1) is 11.0. The fourth-order valence-electron chi connectivity index (χ4n) is 1.36. The molecule has 4 heteroatoms. The molecule has 1 N–H and O–H groups in total. The highest BCUT2D eigenvalue weighted by molar-refractivity contribution is 9.10. The lowest BCUT2D eigenvalue weighted by Gasteiger charge is -2.25. The van der Waals surface area contributed by atoms with Gasteiger partial charge < -0.3 is 5.32 Å². The third-order valence-electron chi connectivity index (χ3n) is 2.45. The highest BCUT2D eigenvalue weighted by Crippen LogP contribution is 2.24. The van der Waals surface area contributed by atoms with Gasteiger partial charge in [-0.3, -0.25) is 4.79 Å². The molecule has 1 amide bonds. The van der Waals surface area contributed by atoms with Crippen LogP contribution in [0.4, 0.5) is 4.79 Å². The Morgan fingerprint density at radius 2 is 2.00 bits per heavy atom. The molecule has 0 aromatic heterocycles. The molecule has 1 aliphatic rings. The molecule has 0 heterocycles. The summed E-state index contributed by atoms with van der Waals surface area (Å²) in [5.41, 5.74) is 0. The van der Waals surface area contributed by atoms with E-state index in [4.69, 9.17) is 0 Å². The van der Waals surface area contributed by atoms with Crippen LogP contribution in [-0.2, 0) is 0 Å². The molecule has 1 aromatic rings. The number of hydrogen-bond acceptors (Lipinski definition) is 2. The van der Waals surface area contributed by atoms with Crippen LogP contribution >= 0.6 is 27.7 Å². The summed E-state index contributed by atoms with van der Waals surface area (Å²) >= 11 is 4.62. The lowest BCUT2D eigenvalue weighted by Crippen LogP contribution is -2.37. The summed E-state index contributed by atoms with van der Waals surface area (Å²) in [6.07, 6.45) is 3.51. The smallest absolute Gasteiger partial charge is 0.284 e. The van der Waals surface area contributed by atoms with Crippen LogP contribution in [-0.4, -0.2) is 11.3 Å². The molecule has 0 atom stereocenters. The molecule has 0 saturated heterocycles. The van der Waals surface area contributed by atoms with Crippen molar-refractivity contribution >= 4 is 32.9 Å². The summed E-state index contributed by atoms with van der Waals surface area (Å²) in [7, 11) is 0. The zero-order valence-electron chi connectivity index (χ0n) is 8.20. The van der Waals surface area contributed by atoms with E-state index in [1.165, 1.54) is 18.2 Å². The Hall–Kier alpha value is -0.480. The van der Waals surface area contributed by atoms with Crippen molar-refractivity contribution in [1.82, 2.24) is 5.32 Å². The first-order valence-electron chi connectivity index (χ1n) is 4.98. The molecule has 0 bridgehead atoms. The minimum absolute atomic E-state index is 0.0574. The van der Waals surface area contributed by atoms with E-state index in [0.717, 1.165) is 22.2 Å². The first-order chi connectivity index (χ1) is 7.24. The molecule has 80 valence electrons. The van der Waals surface area contributed by atoms with E-state index >= 15 is 0 Å². The first-order valence-corrected chi connectivity index (χ1v) is 6.59. The maximum atomic E-state index is 11.5. The number of thioether (sulfide) groups is 1. The van der Waals surface area contributed by atoms with Crippen molar-refractivity contribution in [3.63, 3.8) is 0 Å². The molecule has 0 unspecified atom stereocenters. The zero-order chi connectivity index (χ0) is 10.7. The average Bonchev–Trinajstić information content (AvgIpc) is 2.16. The Morgan fingerprint density at radius 3 is 2.53 bits per heavy atom. The van der Waals surface area contributed by atoms with Crippen molar-refractivity contribution in [2.75, 3.05) is 0 Å². The maximum Gasteiger partial charge on any atom is 0.284 e. The molecule has 0 aliphatic heterocycles. The summed E-state index contributed by atoms with van der Waals surface area (Å²) in [5.74, 6) is 0. The standard InChI is InChI=1S/C11H12BrNOS/c12-8-4-6-10(7-5-8)15-11(14)13-9-2-1-3-9/h4-7,9H,1-3H2,(H,13,14). The van der Waals surface area contributed by atoms with Crippen LogP contribution in [0.2, 0.25) is 0 Å². The molecular weight excluding hydrogens is 274 g/mol. The van der Waals surface area contributed by atoms with Crippen LogP contribution in [0.15, 0.2) is 33.6 Å². The second kappa shape index (κ2) is 5.03. The molecular formula is C11H12BrNOS. The third-order valence-corrected chi connectivity index (χ3v) is 3.79. The number of rotatable bonds is 2. The Morgan fingerprint density at radius 1 is 1.33 bits per heavy atom. The van der Waals surface area contributed by atoms with Gasteiger partial charge in [0.1, 0.15) is 0 Å². The lowest BCUT2D eigenvalue weighted by atomic mass is 9.94. The molecule has 2 nitrogen and oxygen atoms in total. The van der Waals surface area contributed by atoms with Crippen molar-refractivity contribution < 1.29 is 4.79 Å². The highest BCUT2D eigenvalue weighted by Gasteiger charge is 2.19. The molecule has 1 aliphatic carbocycles. The summed E-state index contributed by atoms with van der Waals surface area (Å²) in [6, 6.07) is 8.18. The van der Waals surface area contributed by atoms with E-state index < -0.39 is 0 Å². The molecule has 1 aromatic carbocycles. The maximum absolute atomic E-state index is 11.5. The van der Waals surface area contributed by atoms with Gasteiger partial charge in [-0.2, -0.15) is 0 Å². The molecule has 0 spiro atoms. The third kappa shape index (κ3) is 3.24. The number of hydrogen-bond donors (Lipinski definition) is 1. The van der Waals surface area contributed by atoms with Gasteiger partial charge in [0.05, 0.1) is 0 Å². The van der Waals surface area contributed by atoms with Gasteiger partial charge in [0, 0.05) is 15.4 Å². The van der Waals surface area contributed by atoms with Crippen LogP contribution in [0.1, 0.15) is 19.3 Å². The fraction of sp³-hybridized carbons (Fsp3) is 0.364. The molecule has 1 saturated carbocycles. The lowest BCUT2D eigenvalue weighted by molar-refractivity contribution is 0.249. The molecule has 0 radical (unpaired) electrons. The van der Waals surface area contributed by atoms with Crippen LogP contribution in [0, 0.1) is 0 Å². The van der Waals surface area contributed by atoms with Gasteiger partial charge in [-0.1, -0.05) is 15.9 Å². The van der Waals surface area contributed by atoms with E-state index in [0.29, 0.717) is 6.04 Å². The van der Waals surface area contributed by atoms with Crippen LogP contribution in [0.3, 0.4) is 0 Å². The van der Waals surface area contributed by atoms with E-state index in [1.807, 2.05) is 24.3 Å². The van der Waals surface area contributed by atoms with Crippen LogP contribution in [0.5, 0.6) is 0 Å². The van der Waals surface area contributed by atoms with E-state index in [9.17, 15) is 4.79 Å². The number of halogens is 1. The summed E-state index contributed by atoms with van der Waals surface area (Å²) < 4.78 is 1.03. The minimum Gasteiger partial charge on any atom is -0.344 e. The number of carbonyl (C=O) groups is 1. The minimum atomic E-state index is 0.0574. The van der Waals surface area contributed by atoms with Crippen LogP contribution < -0.4 is 5.32 Å². The van der Waals surface area contributed by atoms with Crippen molar-refractivity contribution in [2.45, 2.75) is 30.2 Å². The van der Waals surface area contributed by atoms with Gasteiger partial charge >= 0.3 is 0 Å². The Bertz CT molecular complexity index is 348. The predicted octanol–water partition coefficient (Wildman–Crippen LogP) is 3.80. The van der Waals surface area contributed by atoms with Gasteiger partial charge in [-0.25, -0.2) is 0 Å². The van der Waals surface area contributed by atoms with Crippen molar-refractivity contribution in [3.8, 4) is 0 Å². The number of nitrogens with one attached hydrogen (secondary N) is 1. The van der Waals surface area contributed by atoms with Crippen LogP contribution in [0.25, 0.3) is 0 Å². The fourth-order valence-corrected chi connectivity index (χ4v) is 2.33. The summed E-state index contributed by atoms with van der Waals surface area (Å²) in [6.45, 7) is 0. The van der Waals surface area contributed by atoms with Gasteiger partial charge in [-0.05, 0) is 55.3 Å². The number of carbonyl (C=O) groups excluding carboxylic acids is 1. The van der Waals surface area contributed by atoms with E-state index in [-0.39, 0.29) is 5.24 Å². The van der Waals surface area contributed by atoms with Crippen molar-refractivity contribution in [3.05, 3.63) is 28.7 Å². The molecule has 2 rings (SSSR count). The second-order valence-electron chi connectivity index (χ2n) is 3.62. The Labute approximate surface area is 102 Å². The Balaban J connectivity index is 1.84. The topological polar surface area (TPSA) is 29.1 Å². The monoisotopic (exact) mass is 285 g/mol. The van der Waals surface area contributed by atoms with Crippen molar-refractivity contribution in [1.29, 1.82) is 0 Å². The normalized spacial score (nSPS) is 15.8. The predicted molar refractivity (Wildman–Crippen MR) is 66.2 cm³/mol. The zero-order valence-corrected chi connectivity index (χ0v) is 10.6. The van der Waals surface area contributed by atoms with E-state index in [1.54, 1.807) is 0 Å². The van der Waals surface area contributed by atoms with Gasteiger partial charge in [0.15, 0.2) is 0 Å². The highest BCUT2D eigenvalue weighted by atomic mass is 79.9. The summed E-state index contributed by atoms with van der Waals surface area (Å²) in [5, 5.41) is 3.05. The molecule has 15 heavy (non-hydrogen) atoms. The Kier molecular flexibility index (Phi) is 3.70. The number of amides is 1. The van der Waals surface area contributed by atoms with Gasteiger partial charge in [0.2, 0.25) is 0 Å². The average molecular weight is 286 g/mol. The van der Waals surface area contributed by atoms with E-state index in [2.05, 4.69) is 21.2 Å². The summed E-state index contributed by atoms with van der Waals surface area (Å²) in [4.78, 5) is 12.5.